The molecule has 0 aliphatic heterocycles. The van der Waals surface area contributed by atoms with Crippen LogP contribution in [0.3, 0.4) is 0 Å². The Balaban J connectivity index is 2.78. The van der Waals surface area contributed by atoms with Crippen molar-refractivity contribution in [2.75, 3.05) is 7.11 Å². The summed E-state index contributed by atoms with van der Waals surface area (Å²) in [5.74, 6) is -1.17. The molecule has 0 radical (unpaired) electrons. The lowest BCUT2D eigenvalue weighted by Crippen LogP contribution is -2.55. The highest BCUT2D eigenvalue weighted by atomic mass is 16.5. The average molecular weight is 392 g/mol. The first-order valence-electron chi connectivity index (χ1n) is 9.69. The molecule has 4 atom stereocenters. The molecule has 0 unspecified atom stereocenters. The Hall–Kier alpha value is -2.57. The Labute approximate surface area is 167 Å². The quantitative estimate of drug-likeness (QED) is 0.597. The standard InChI is InChI=1S/C21H32N2O5/c1-6-14(3)17(19(24)22-18(15(4)7-2)20(25)27-5)23-21(26)28-13-16-11-9-8-10-12-16/h8-12,14-15,17-18H,6-7,13H2,1-5H3,(H,22,24)(H,23,26)/t14-,15-,17-,18-/m0/s1. The molecule has 0 aliphatic carbocycles. The minimum Gasteiger partial charge on any atom is -0.467 e. The second-order valence-corrected chi connectivity index (χ2v) is 6.96. The number of rotatable bonds is 10. The summed E-state index contributed by atoms with van der Waals surface area (Å²) in [5, 5.41) is 5.36. The smallest absolute Gasteiger partial charge is 0.408 e. The van der Waals surface area contributed by atoms with Crippen molar-refractivity contribution < 1.29 is 23.9 Å². The van der Waals surface area contributed by atoms with Crippen LogP contribution >= 0.6 is 0 Å². The normalized spacial score (nSPS) is 14.9. The molecular weight excluding hydrogens is 360 g/mol. The Morgan fingerprint density at radius 2 is 1.50 bits per heavy atom. The molecule has 1 aromatic rings. The summed E-state index contributed by atoms with van der Waals surface area (Å²) in [4.78, 5) is 37.1. The first kappa shape index (κ1) is 23.5. The molecule has 0 spiro atoms. The molecule has 2 amide bonds. The summed E-state index contributed by atoms with van der Waals surface area (Å²) in [7, 11) is 1.29. The molecule has 0 saturated heterocycles. The average Bonchev–Trinajstić information content (AvgIpc) is 2.73. The van der Waals surface area contributed by atoms with E-state index >= 15 is 0 Å². The number of ether oxygens (including phenoxy) is 2. The molecule has 7 heteroatoms. The predicted molar refractivity (Wildman–Crippen MR) is 106 cm³/mol. The molecule has 0 bridgehead atoms. The Kier molecular flexibility index (Phi) is 10.1. The Morgan fingerprint density at radius 1 is 0.929 bits per heavy atom. The van der Waals surface area contributed by atoms with Crippen LogP contribution in [-0.2, 0) is 25.7 Å². The molecule has 1 rings (SSSR count). The number of amides is 2. The minimum atomic E-state index is -0.815. The van der Waals surface area contributed by atoms with Gasteiger partial charge in [-0.2, -0.15) is 0 Å². The van der Waals surface area contributed by atoms with Gasteiger partial charge in [-0.3, -0.25) is 4.79 Å². The molecule has 7 nitrogen and oxygen atoms in total. The van der Waals surface area contributed by atoms with E-state index in [0.29, 0.717) is 12.8 Å². The Morgan fingerprint density at radius 3 is 2.04 bits per heavy atom. The zero-order valence-corrected chi connectivity index (χ0v) is 17.4. The predicted octanol–water partition coefficient (Wildman–Crippen LogP) is 3.03. The molecule has 0 heterocycles. The van der Waals surface area contributed by atoms with Crippen molar-refractivity contribution >= 4 is 18.0 Å². The third-order valence-electron chi connectivity index (χ3n) is 4.95. The summed E-state index contributed by atoms with van der Waals surface area (Å²) >= 11 is 0. The number of hydrogen-bond acceptors (Lipinski definition) is 5. The molecule has 156 valence electrons. The van der Waals surface area contributed by atoms with Crippen LogP contribution < -0.4 is 10.6 Å². The highest BCUT2D eigenvalue weighted by molar-refractivity contribution is 5.90. The van der Waals surface area contributed by atoms with Crippen LogP contribution in [0.2, 0.25) is 0 Å². The lowest BCUT2D eigenvalue weighted by molar-refractivity contribution is -0.147. The number of carbonyl (C=O) groups excluding carboxylic acids is 3. The molecule has 0 aliphatic rings. The van der Waals surface area contributed by atoms with Crippen molar-refractivity contribution in [1.29, 1.82) is 0 Å². The third kappa shape index (κ3) is 7.21. The molecule has 2 N–H and O–H groups in total. The topological polar surface area (TPSA) is 93.7 Å². The largest absolute Gasteiger partial charge is 0.467 e. The summed E-state index contributed by atoms with van der Waals surface area (Å²) in [6.07, 6.45) is 0.687. The first-order chi connectivity index (χ1) is 13.3. The number of nitrogens with one attached hydrogen (secondary N) is 2. The van der Waals surface area contributed by atoms with Gasteiger partial charge in [-0.05, 0) is 17.4 Å². The van der Waals surface area contributed by atoms with Crippen molar-refractivity contribution in [2.24, 2.45) is 11.8 Å². The van der Waals surface area contributed by atoms with Crippen LogP contribution in [0.4, 0.5) is 4.79 Å². The van der Waals surface area contributed by atoms with E-state index in [0.717, 1.165) is 5.56 Å². The van der Waals surface area contributed by atoms with Gasteiger partial charge in [-0.1, -0.05) is 70.9 Å². The summed E-state index contributed by atoms with van der Waals surface area (Å²) in [6, 6.07) is 7.70. The molecule has 0 aromatic heterocycles. The lowest BCUT2D eigenvalue weighted by atomic mass is 9.95. The third-order valence-corrected chi connectivity index (χ3v) is 4.95. The lowest BCUT2D eigenvalue weighted by Gasteiger charge is -2.27. The van der Waals surface area contributed by atoms with Crippen LogP contribution in [0.5, 0.6) is 0 Å². The molecule has 0 fully saturated rings. The number of esters is 1. The Bertz CT molecular complexity index is 635. The van der Waals surface area contributed by atoms with Crippen molar-refractivity contribution in [1.82, 2.24) is 10.6 Å². The van der Waals surface area contributed by atoms with Gasteiger partial charge in [0.15, 0.2) is 0 Å². The zero-order valence-electron chi connectivity index (χ0n) is 17.4. The molecular formula is C21H32N2O5. The minimum absolute atomic E-state index is 0.0981. The van der Waals surface area contributed by atoms with Crippen LogP contribution in [0.25, 0.3) is 0 Å². The number of hydrogen-bond donors (Lipinski definition) is 2. The van der Waals surface area contributed by atoms with Gasteiger partial charge in [-0.15, -0.1) is 0 Å². The number of methoxy groups -OCH3 is 1. The zero-order chi connectivity index (χ0) is 21.1. The van der Waals surface area contributed by atoms with E-state index in [9.17, 15) is 14.4 Å². The van der Waals surface area contributed by atoms with Gasteiger partial charge >= 0.3 is 12.1 Å². The van der Waals surface area contributed by atoms with Crippen LogP contribution in [0, 0.1) is 11.8 Å². The summed E-state index contributed by atoms with van der Waals surface area (Å²) < 4.78 is 10.0. The van der Waals surface area contributed by atoms with E-state index in [1.807, 2.05) is 58.0 Å². The number of benzene rings is 1. The van der Waals surface area contributed by atoms with Crippen molar-refractivity contribution in [3.63, 3.8) is 0 Å². The summed E-state index contributed by atoms with van der Waals surface area (Å²) in [5.41, 5.74) is 0.852. The van der Waals surface area contributed by atoms with E-state index in [1.54, 1.807) is 0 Å². The van der Waals surface area contributed by atoms with Gasteiger partial charge < -0.3 is 20.1 Å². The van der Waals surface area contributed by atoms with Crippen LogP contribution in [0.1, 0.15) is 46.1 Å². The maximum atomic E-state index is 12.8. The fraction of sp³-hybridized carbons (Fsp3) is 0.571. The van der Waals surface area contributed by atoms with Gasteiger partial charge in [0.05, 0.1) is 7.11 Å². The number of carbonyl (C=O) groups is 3. The maximum absolute atomic E-state index is 12.8. The van der Waals surface area contributed by atoms with Crippen molar-refractivity contribution in [3.8, 4) is 0 Å². The van der Waals surface area contributed by atoms with Crippen molar-refractivity contribution in [2.45, 2.75) is 59.2 Å². The highest BCUT2D eigenvalue weighted by Crippen LogP contribution is 2.13. The fourth-order valence-electron chi connectivity index (χ4n) is 2.63. The van der Waals surface area contributed by atoms with Gasteiger partial charge in [0, 0.05) is 0 Å². The van der Waals surface area contributed by atoms with Gasteiger partial charge in [0.1, 0.15) is 18.7 Å². The van der Waals surface area contributed by atoms with E-state index in [2.05, 4.69) is 10.6 Å². The van der Waals surface area contributed by atoms with Gasteiger partial charge in [0.2, 0.25) is 5.91 Å². The maximum Gasteiger partial charge on any atom is 0.408 e. The van der Waals surface area contributed by atoms with E-state index in [4.69, 9.17) is 9.47 Å². The summed E-state index contributed by atoms with van der Waals surface area (Å²) in [6.45, 7) is 7.69. The first-order valence-corrected chi connectivity index (χ1v) is 9.69. The van der Waals surface area contributed by atoms with E-state index in [1.165, 1.54) is 7.11 Å². The van der Waals surface area contributed by atoms with Crippen LogP contribution in [-0.4, -0.2) is 37.2 Å². The molecule has 1 aromatic carbocycles. The fourth-order valence-corrected chi connectivity index (χ4v) is 2.63. The van der Waals surface area contributed by atoms with Gasteiger partial charge in [0.25, 0.3) is 0 Å². The number of alkyl carbamates (subject to hydrolysis) is 1. The molecule has 28 heavy (non-hydrogen) atoms. The molecule has 0 saturated carbocycles. The monoisotopic (exact) mass is 392 g/mol. The van der Waals surface area contributed by atoms with E-state index in [-0.39, 0.29) is 18.4 Å². The van der Waals surface area contributed by atoms with E-state index < -0.39 is 30.1 Å². The SMILES string of the molecule is CC[C@H](C)[C@H](NC(=O)OCc1ccccc1)C(=O)N[C@H](C(=O)OC)[C@@H](C)CC. The second-order valence-electron chi connectivity index (χ2n) is 6.96. The van der Waals surface area contributed by atoms with Crippen LogP contribution in [0.15, 0.2) is 30.3 Å². The van der Waals surface area contributed by atoms with Crippen molar-refractivity contribution in [3.05, 3.63) is 35.9 Å². The second kappa shape index (κ2) is 12.0. The van der Waals surface area contributed by atoms with Gasteiger partial charge in [-0.25, -0.2) is 9.59 Å². The highest BCUT2D eigenvalue weighted by Gasteiger charge is 2.32.